The Labute approximate surface area is 125 Å². The van der Waals surface area contributed by atoms with Gasteiger partial charge in [0.05, 0.1) is 6.61 Å². The summed E-state index contributed by atoms with van der Waals surface area (Å²) in [5, 5.41) is 0. The number of Topliss-reactive ketones (excluding diaryl/α,β-unsaturated/α-hetero) is 1. The first-order valence-corrected chi connectivity index (χ1v) is 7.70. The summed E-state index contributed by atoms with van der Waals surface area (Å²) in [6.07, 6.45) is 7.50. The molecule has 3 heteroatoms. The molecule has 0 aliphatic carbocycles. The number of ketones is 1. The van der Waals surface area contributed by atoms with E-state index in [1.54, 1.807) is 0 Å². The van der Waals surface area contributed by atoms with Crippen molar-refractivity contribution in [3.05, 3.63) is 53.3 Å². The third-order valence-electron chi connectivity index (χ3n) is 3.96. The van der Waals surface area contributed by atoms with Gasteiger partial charge in [-0.2, -0.15) is 0 Å². The second-order valence-electron chi connectivity index (χ2n) is 5.60. The van der Waals surface area contributed by atoms with Gasteiger partial charge in [-0.1, -0.05) is 19.1 Å². The summed E-state index contributed by atoms with van der Waals surface area (Å²) in [5.41, 5.74) is 3.48. The van der Waals surface area contributed by atoms with Crippen LogP contribution in [0, 0.1) is 0 Å². The molecule has 21 heavy (non-hydrogen) atoms. The van der Waals surface area contributed by atoms with Crippen LogP contribution in [0.1, 0.15) is 41.3 Å². The second-order valence-corrected chi connectivity index (χ2v) is 5.60. The van der Waals surface area contributed by atoms with E-state index in [9.17, 15) is 4.79 Å². The van der Waals surface area contributed by atoms with E-state index in [0.717, 1.165) is 43.7 Å². The number of benzene rings is 1. The molecule has 1 aliphatic heterocycles. The molecular formula is C18H21NO2. The fourth-order valence-electron chi connectivity index (χ4n) is 2.77. The van der Waals surface area contributed by atoms with Crippen molar-refractivity contribution in [1.82, 2.24) is 4.57 Å². The van der Waals surface area contributed by atoms with Crippen LogP contribution in [-0.4, -0.2) is 17.0 Å². The zero-order valence-corrected chi connectivity index (χ0v) is 12.5. The molecule has 1 aliphatic rings. The Morgan fingerprint density at radius 1 is 1.33 bits per heavy atom. The van der Waals surface area contributed by atoms with E-state index in [2.05, 4.69) is 22.8 Å². The minimum absolute atomic E-state index is 0.242. The van der Waals surface area contributed by atoms with Gasteiger partial charge in [0.2, 0.25) is 0 Å². The zero-order valence-electron chi connectivity index (χ0n) is 12.5. The summed E-state index contributed by atoms with van der Waals surface area (Å²) in [6.45, 7) is 3.74. The molecule has 2 aromatic rings. The molecule has 0 saturated heterocycles. The number of aryl methyl sites for hydroxylation is 2. The highest BCUT2D eigenvalue weighted by atomic mass is 16.5. The van der Waals surface area contributed by atoms with Crippen LogP contribution in [0.25, 0.3) is 0 Å². The molecule has 1 aromatic carbocycles. The molecule has 3 nitrogen and oxygen atoms in total. The van der Waals surface area contributed by atoms with Crippen LogP contribution in [-0.2, 0) is 19.4 Å². The Morgan fingerprint density at radius 3 is 3.10 bits per heavy atom. The second kappa shape index (κ2) is 6.17. The van der Waals surface area contributed by atoms with Crippen molar-refractivity contribution in [3.63, 3.8) is 0 Å². The lowest BCUT2D eigenvalue weighted by atomic mass is 10.1. The Hall–Kier alpha value is -2.03. The highest BCUT2D eigenvalue weighted by molar-refractivity contribution is 5.95. The number of carbonyl (C=O) groups is 1. The summed E-state index contributed by atoms with van der Waals surface area (Å²) in [7, 11) is 0. The van der Waals surface area contributed by atoms with E-state index in [1.807, 2.05) is 25.4 Å². The van der Waals surface area contributed by atoms with Crippen LogP contribution in [0.2, 0.25) is 0 Å². The van der Waals surface area contributed by atoms with Crippen LogP contribution in [0.5, 0.6) is 5.75 Å². The van der Waals surface area contributed by atoms with Crippen molar-refractivity contribution in [2.24, 2.45) is 0 Å². The molecule has 0 bridgehead atoms. The van der Waals surface area contributed by atoms with Crippen LogP contribution < -0.4 is 4.74 Å². The maximum absolute atomic E-state index is 11.8. The largest absolute Gasteiger partial charge is 0.493 e. The third kappa shape index (κ3) is 3.18. The lowest BCUT2D eigenvalue weighted by Gasteiger charge is -2.05. The maximum Gasteiger partial charge on any atom is 0.164 e. The van der Waals surface area contributed by atoms with Crippen molar-refractivity contribution in [2.75, 3.05) is 6.61 Å². The van der Waals surface area contributed by atoms with Gasteiger partial charge in [-0.05, 0) is 36.1 Å². The molecule has 0 spiro atoms. The fraction of sp³-hybridized carbons (Fsp3) is 0.389. The standard InChI is InChI=1S/C18H21NO2/c1-2-3-17(20)16-7-10-19(13-16)9-6-14-4-5-18-15(12-14)8-11-21-18/h4-5,7,10,12-13H,2-3,6,8-9,11H2,1H3. The van der Waals surface area contributed by atoms with Crippen LogP contribution in [0.4, 0.5) is 0 Å². The number of hydrogen-bond acceptors (Lipinski definition) is 2. The molecule has 1 aromatic heterocycles. The summed E-state index contributed by atoms with van der Waals surface area (Å²) in [6, 6.07) is 8.38. The number of nitrogens with zero attached hydrogens (tertiary/aromatic N) is 1. The first-order valence-electron chi connectivity index (χ1n) is 7.70. The normalized spacial score (nSPS) is 13.0. The van der Waals surface area contributed by atoms with Crippen LogP contribution in [0.15, 0.2) is 36.7 Å². The minimum atomic E-state index is 0.242. The third-order valence-corrected chi connectivity index (χ3v) is 3.96. The van der Waals surface area contributed by atoms with Crippen molar-refractivity contribution < 1.29 is 9.53 Å². The Kier molecular flexibility index (Phi) is 4.09. The quantitative estimate of drug-likeness (QED) is 0.758. The van der Waals surface area contributed by atoms with Gasteiger partial charge < -0.3 is 9.30 Å². The molecule has 0 amide bonds. The maximum atomic E-state index is 11.8. The van der Waals surface area contributed by atoms with Gasteiger partial charge in [-0.25, -0.2) is 0 Å². The first-order chi connectivity index (χ1) is 10.3. The van der Waals surface area contributed by atoms with E-state index >= 15 is 0 Å². The number of hydrogen-bond donors (Lipinski definition) is 0. The van der Waals surface area contributed by atoms with Gasteiger partial charge in [-0.3, -0.25) is 4.79 Å². The average molecular weight is 283 g/mol. The number of fused-ring (bicyclic) bond motifs is 1. The van der Waals surface area contributed by atoms with Gasteiger partial charge >= 0.3 is 0 Å². The fourth-order valence-corrected chi connectivity index (χ4v) is 2.77. The Bertz CT molecular complexity index is 642. The summed E-state index contributed by atoms with van der Waals surface area (Å²) >= 11 is 0. The lowest BCUT2D eigenvalue weighted by molar-refractivity contribution is 0.0981. The van der Waals surface area contributed by atoms with E-state index < -0.39 is 0 Å². The van der Waals surface area contributed by atoms with E-state index in [-0.39, 0.29) is 5.78 Å². The number of carbonyl (C=O) groups excluding carboxylic acids is 1. The summed E-state index contributed by atoms with van der Waals surface area (Å²) in [5.74, 6) is 1.28. The molecule has 0 radical (unpaired) electrons. The average Bonchev–Trinajstić information content (AvgIpc) is 3.14. The van der Waals surface area contributed by atoms with Crippen LogP contribution >= 0.6 is 0 Å². The molecular weight excluding hydrogens is 262 g/mol. The summed E-state index contributed by atoms with van der Waals surface area (Å²) < 4.78 is 7.63. The molecule has 0 saturated carbocycles. The molecule has 0 N–H and O–H groups in total. The minimum Gasteiger partial charge on any atom is -0.493 e. The van der Waals surface area contributed by atoms with Crippen molar-refractivity contribution >= 4 is 5.78 Å². The predicted octanol–water partition coefficient (Wildman–Crippen LogP) is 3.65. The highest BCUT2D eigenvalue weighted by Crippen LogP contribution is 2.26. The van der Waals surface area contributed by atoms with Gasteiger partial charge in [0.15, 0.2) is 5.78 Å². The smallest absolute Gasteiger partial charge is 0.164 e. The number of ether oxygens (including phenoxy) is 1. The first kappa shape index (κ1) is 13.9. The Balaban J connectivity index is 1.61. The van der Waals surface area contributed by atoms with E-state index in [1.165, 1.54) is 11.1 Å². The van der Waals surface area contributed by atoms with Gasteiger partial charge in [0.25, 0.3) is 0 Å². The molecule has 0 atom stereocenters. The SMILES string of the molecule is CCCC(=O)c1ccn(CCc2ccc3c(c2)CCO3)c1. The van der Waals surface area contributed by atoms with Gasteiger partial charge in [0, 0.05) is 37.3 Å². The van der Waals surface area contributed by atoms with E-state index in [0.29, 0.717) is 6.42 Å². The predicted molar refractivity (Wildman–Crippen MR) is 83.0 cm³/mol. The topological polar surface area (TPSA) is 31.2 Å². The Morgan fingerprint density at radius 2 is 2.24 bits per heavy atom. The number of rotatable bonds is 6. The van der Waals surface area contributed by atoms with Crippen LogP contribution in [0.3, 0.4) is 0 Å². The molecule has 0 fully saturated rings. The van der Waals surface area contributed by atoms with Crippen molar-refractivity contribution in [3.8, 4) is 5.75 Å². The molecule has 2 heterocycles. The number of aromatic nitrogens is 1. The van der Waals surface area contributed by atoms with E-state index in [4.69, 9.17) is 4.74 Å². The molecule has 3 rings (SSSR count). The monoisotopic (exact) mass is 283 g/mol. The van der Waals surface area contributed by atoms with Gasteiger partial charge in [-0.15, -0.1) is 0 Å². The van der Waals surface area contributed by atoms with Crippen molar-refractivity contribution in [2.45, 2.75) is 39.2 Å². The zero-order chi connectivity index (χ0) is 14.7. The van der Waals surface area contributed by atoms with Crippen molar-refractivity contribution in [1.29, 1.82) is 0 Å². The lowest BCUT2D eigenvalue weighted by Crippen LogP contribution is -2.00. The highest BCUT2D eigenvalue weighted by Gasteiger charge is 2.12. The molecule has 0 unspecified atom stereocenters. The van der Waals surface area contributed by atoms with Gasteiger partial charge in [0.1, 0.15) is 5.75 Å². The summed E-state index contributed by atoms with van der Waals surface area (Å²) in [4.78, 5) is 11.8. The molecule has 110 valence electrons.